The molecule has 96 valence electrons. The van der Waals surface area contributed by atoms with Gasteiger partial charge in [-0.2, -0.15) is 13.2 Å². The van der Waals surface area contributed by atoms with Crippen molar-refractivity contribution in [2.75, 3.05) is 7.11 Å². The van der Waals surface area contributed by atoms with Gasteiger partial charge in [-0.15, -0.1) is 0 Å². The second kappa shape index (κ2) is 4.01. The molecule has 18 heavy (non-hydrogen) atoms. The molecule has 0 fully saturated rings. The van der Waals surface area contributed by atoms with E-state index in [1.165, 1.54) is 32.4 Å². The Balaban J connectivity index is 2.63. The highest BCUT2D eigenvalue weighted by molar-refractivity contribution is 5.93. The number of imidazole rings is 1. The monoisotopic (exact) mass is 258 g/mol. The van der Waals surface area contributed by atoms with E-state index in [9.17, 15) is 18.0 Å². The molecule has 4 nitrogen and oxygen atoms in total. The Kier molecular flexibility index (Phi) is 2.76. The van der Waals surface area contributed by atoms with Gasteiger partial charge < -0.3 is 9.30 Å². The van der Waals surface area contributed by atoms with E-state index < -0.39 is 18.0 Å². The van der Waals surface area contributed by atoms with Crippen LogP contribution in [0.2, 0.25) is 0 Å². The third-order valence-corrected chi connectivity index (χ3v) is 2.56. The number of carbonyl (C=O) groups excluding carboxylic acids is 1. The minimum absolute atomic E-state index is 0.104. The first-order valence-electron chi connectivity index (χ1n) is 4.96. The molecule has 0 aliphatic carbocycles. The molecular weight excluding hydrogens is 249 g/mol. The Labute approximate surface area is 100.0 Å². The fourth-order valence-corrected chi connectivity index (χ4v) is 1.70. The lowest BCUT2D eigenvalue weighted by molar-refractivity contribution is -0.146. The van der Waals surface area contributed by atoms with Crippen molar-refractivity contribution in [2.45, 2.75) is 6.18 Å². The fraction of sp³-hybridized carbons (Fsp3) is 0.273. The number of alkyl halides is 3. The zero-order valence-electron chi connectivity index (χ0n) is 9.58. The Bertz CT molecular complexity index is 617. The Morgan fingerprint density at radius 3 is 2.61 bits per heavy atom. The van der Waals surface area contributed by atoms with E-state index in [-0.39, 0.29) is 11.1 Å². The number of rotatable bonds is 1. The number of aromatic nitrogens is 2. The molecule has 0 atom stereocenters. The summed E-state index contributed by atoms with van der Waals surface area (Å²) in [4.78, 5) is 14.8. The molecule has 1 heterocycles. The van der Waals surface area contributed by atoms with E-state index in [2.05, 4.69) is 9.72 Å². The van der Waals surface area contributed by atoms with E-state index in [4.69, 9.17) is 0 Å². The molecule has 0 N–H and O–H groups in total. The first-order valence-corrected chi connectivity index (χ1v) is 4.96. The van der Waals surface area contributed by atoms with Crippen LogP contribution in [0.5, 0.6) is 0 Å². The summed E-state index contributed by atoms with van der Waals surface area (Å²) < 4.78 is 43.3. The summed E-state index contributed by atoms with van der Waals surface area (Å²) in [7, 11) is 2.47. The van der Waals surface area contributed by atoms with E-state index in [0.29, 0.717) is 5.52 Å². The number of aryl methyl sites for hydroxylation is 1. The number of carbonyl (C=O) groups is 1. The zero-order valence-corrected chi connectivity index (χ0v) is 9.58. The van der Waals surface area contributed by atoms with Crippen LogP contribution in [0.1, 0.15) is 16.2 Å². The molecule has 0 amide bonds. The molecule has 2 aromatic rings. The van der Waals surface area contributed by atoms with Crippen LogP contribution in [0.4, 0.5) is 13.2 Å². The van der Waals surface area contributed by atoms with Crippen molar-refractivity contribution in [1.82, 2.24) is 9.55 Å². The lowest BCUT2D eigenvalue weighted by Crippen LogP contribution is -2.12. The molecular formula is C11H9F3N2O2. The van der Waals surface area contributed by atoms with Gasteiger partial charge in [-0.1, -0.05) is 0 Å². The highest BCUT2D eigenvalue weighted by Crippen LogP contribution is 2.30. The Morgan fingerprint density at radius 1 is 1.39 bits per heavy atom. The van der Waals surface area contributed by atoms with Crippen LogP contribution < -0.4 is 0 Å². The van der Waals surface area contributed by atoms with Crippen molar-refractivity contribution < 1.29 is 22.7 Å². The van der Waals surface area contributed by atoms with E-state index in [1.807, 2.05) is 0 Å². The van der Waals surface area contributed by atoms with Crippen molar-refractivity contribution >= 4 is 17.0 Å². The molecule has 1 aromatic carbocycles. The van der Waals surface area contributed by atoms with E-state index in [1.54, 1.807) is 0 Å². The number of ether oxygens (including phenoxy) is 1. The van der Waals surface area contributed by atoms with E-state index in [0.717, 1.165) is 4.57 Å². The smallest absolute Gasteiger partial charge is 0.449 e. The molecule has 0 radical (unpaired) electrons. The number of fused-ring (bicyclic) bond motifs is 1. The summed E-state index contributed by atoms with van der Waals surface area (Å²) in [5.74, 6) is -1.62. The first kappa shape index (κ1) is 12.4. The van der Waals surface area contributed by atoms with Crippen molar-refractivity contribution in [2.24, 2.45) is 7.05 Å². The topological polar surface area (TPSA) is 44.1 Å². The van der Waals surface area contributed by atoms with Gasteiger partial charge in [-0.25, -0.2) is 9.78 Å². The predicted molar refractivity (Wildman–Crippen MR) is 57.1 cm³/mol. The molecule has 0 saturated carbocycles. The maximum Gasteiger partial charge on any atom is 0.449 e. The van der Waals surface area contributed by atoms with Crippen molar-refractivity contribution in [1.29, 1.82) is 0 Å². The molecule has 0 aliphatic rings. The van der Waals surface area contributed by atoms with Gasteiger partial charge in [0.25, 0.3) is 0 Å². The Morgan fingerprint density at radius 2 is 2.06 bits per heavy atom. The molecule has 0 aliphatic heterocycles. The van der Waals surface area contributed by atoms with Gasteiger partial charge in [0.15, 0.2) is 0 Å². The van der Waals surface area contributed by atoms with Crippen molar-refractivity contribution in [3.05, 3.63) is 29.6 Å². The molecule has 0 unspecified atom stereocenters. The van der Waals surface area contributed by atoms with Crippen LogP contribution in [0.25, 0.3) is 11.0 Å². The quantitative estimate of drug-likeness (QED) is 0.737. The molecule has 7 heteroatoms. The predicted octanol–water partition coefficient (Wildman–Crippen LogP) is 2.38. The molecule has 0 bridgehead atoms. The lowest BCUT2D eigenvalue weighted by Gasteiger charge is -2.05. The summed E-state index contributed by atoms with van der Waals surface area (Å²) in [5, 5.41) is 0. The highest BCUT2D eigenvalue weighted by atomic mass is 19.4. The van der Waals surface area contributed by atoms with Crippen LogP contribution in [-0.2, 0) is 18.0 Å². The second-order valence-electron chi connectivity index (χ2n) is 3.69. The summed E-state index contributed by atoms with van der Waals surface area (Å²) >= 11 is 0. The van der Waals surface area contributed by atoms with Crippen LogP contribution in [-0.4, -0.2) is 22.6 Å². The molecule has 1 aromatic heterocycles. The van der Waals surface area contributed by atoms with Crippen LogP contribution in [0.15, 0.2) is 18.2 Å². The Hall–Kier alpha value is -2.05. The average molecular weight is 258 g/mol. The van der Waals surface area contributed by atoms with Gasteiger partial charge in [-0.3, -0.25) is 0 Å². The van der Waals surface area contributed by atoms with Gasteiger partial charge in [0.2, 0.25) is 5.82 Å². The largest absolute Gasteiger partial charge is 0.465 e. The normalized spacial score (nSPS) is 11.8. The number of benzene rings is 1. The number of hydrogen-bond donors (Lipinski definition) is 0. The minimum Gasteiger partial charge on any atom is -0.465 e. The number of halogens is 3. The third kappa shape index (κ3) is 1.92. The highest BCUT2D eigenvalue weighted by Gasteiger charge is 2.36. The third-order valence-electron chi connectivity index (χ3n) is 2.56. The van der Waals surface area contributed by atoms with Crippen LogP contribution in [0.3, 0.4) is 0 Å². The van der Waals surface area contributed by atoms with Gasteiger partial charge in [0, 0.05) is 7.05 Å². The molecule has 0 spiro atoms. The zero-order chi connectivity index (χ0) is 13.5. The van der Waals surface area contributed by atoms with E-state index >= 15 is 0 Å². The van der Waals surface area contributed by atoms with Gasteiger partial charge >= 0.3 is 12.1 Å². The average Bonchev–Trinajstić information content (AvgIpc) is 2.65. The summed E-state index contributed by atoms with van der Waals surface area (Å²) in [6.45, 7) is 0. The SMILES string of the molecule is COC(=O)c1ccc2c(c1)nc(C(F)(F)F)n2C. The number of hydrogen-bond acceptors (Lipinski definition) is 3. The maximum atomic E-state index is 12.6. The van der Waals surface area contributed by atoms with Crippen molar-refractivity contribution in [3.63, 3.8) is 0 Å². The summed E-state index contributed by atoms with van der Waals surface area (Å²) in [5.41, 5.74) is 0.569. The van der Waals surface area contributed by atoms with Gasteiger partial charge in [0.05, 0.1) is 23.7 Å². The number of methoxy groups -OCH3 is 1. The van der Waals surface area contributed by atoms with Gasteiger partial charge in [0.1, 0.15) is 0 Å². The summed E-state index contributed by atoms with van der Waals surface area (Å²) in [6.07, 6.45) is -4.53. The standard InChI is InChI=1S/C11H9F3N2O2/c1-16-8-4-3-6(9(17)18-2)5-7(8)15-10(16)11(12,13)14/h3-5H,1-2H3. The van der Waals surface area contributed by atoms with Crippen LogP contribution in [0, 0.1) is 0 Å². The maximum absolute atomic E-state index is 12.6. The fourth-order valence-electron chi connectivity index (χ4n) is 1.70. The molecule has 0 saturated heterocycles. The van der Waals surface area contributed by atoms with Crippen LogP contribution >= 0.6 is 0 Å². The first-order chi connectivity index (χ1) is 8.34. The number of esters is 1. The lowest BCUT2D eigenvalue weighted by atomic mass is 10.2. The second-order valence-corrected chi connectivity index (χ2v) is 3.69. The van der Waals surface area contributed by atoms with Crippen molar-refractivity contribution in [3.8, 4) is 0 Å². The number of nitrogens with zero attached hydrogens (tertiary/aromatic N) is 2. The summed E-state index contributed by atoms with van der Waals surface area (Å²) in [6, 6.07) is 4.08. The van der Waals surface area contributed by atoms with Gasteiger partial charge in [-0.05, 0) is 18.2 Å². The molecule has 2 rings (SSSR count). The minimum atomic E-state index is -4.53.